The molecule has 1 amide bonds. The van der Waals surface area contributed by atoms with Gasteiger partial charge in [0, 0.05) is 41.8 Å². The quantitative estimate of drug-likeness (QED) is 0.293. The van der Waals surface area contributed by atoms with Gasteiger partial charge < -0.3 is 20.8 Å². The Balaban J connectivity index is 0.000000479. The molecule has 0 atom stereocenters. The van der Waals surface area contributed by atoms with Crippen molar-refractivity contribution in [1.82, 2.24) is 19.7 Å². The molecule has 0 spiro atoms. The van der Waals surface area contributed by atoms with Crippen molar-refractivity contribution in [2.45, 2.75) is 76.7 Å². The standard InChI is InChI=1S/C21H27N5O2S2.C4H9NO2/c1-3-24-30(27,28)19-11-16(26-21-23-12-14(2)25-21)9-10-17(19)18-13-22-20(29-18)15-7-5-4-6-8-15;1-3(2)7-4(5)6/h9-13,15,24H,3-8H2,1-2H3,(H2,23,25,26);3H,1-2H3,(H2,5,6). The third-order valence-corrected chi connectivity index (χ3v) is 8.45. The Morgan fingerprint density at radius 2 is 1.95 bits per heavy atom. The Morgan fingerprint density at radius 3 is 2.51 bits per heavy atom. The summed E-state index contributed by atoms with van der Waals surface area (Å²) < 4.78 is 32.9. The number of nitrogens with one attached hydrogen (secondary N) is 3. The maximum Gasteiger partial charge on any atom is 0.404 e. The van der Waals surface area contributed by atoms with Crippen LogP contribution < -0.4 is 15.8 Å². The van der Waals surface area contributed by atoms with Gasteiger partial charge in [0.25, 0.3) is 0 Å². The molecule has 0 aliphatic heterocycles. The van der Waals surface area contributed by atoms with Crippen LogP contribution in [0.1, 0.15) is 69.5 Å². The fourth-order valence-corrected chi connectivity index (χ4v) is 6.57. The van der Waals surface area contributed by atoms with Gasteiger partial charge in [-0.2, -0.15) is 0 Å². The number of ether oxygens (including phenoxy) is 1. The van der Waals surface area contributed by atoms with Crippen LogP contribution in [-0.4, -0.2) is 42.1 Å². The van der Waals surface area contributed by atoms with Gasteiger partial charge >= 0.3 is 6.09 Å². The van der Waals surface area contributed by atoms with E-state index in [2.05, 4.69) is 35.5 Å². The molecule has 37 heavy (non-hydrogen) atoms. The third kappa shape index (κ3) is 8.27. The highest BCUT2D eigenvalue weighted by atomic mass is 32.2. The molecule has 0 unspecified atom stereocenters. The van der Waals surface area contributed by atoms with Crippen molar-refractivity contribution in [3.8, 4) is 10.4 Å². The summed E-state index contributed by atoms with van der Waals surface area (Å²) in [5, 5.41) is 4.26. The number of rotatable bonds is 8. The molecule has 1 aliphatic carbocycles. The number of sulfonamides is 1. The van der Waals surface area contributed by atoms with E-state index in [1.165, 1.54) is 32.1 Å². The van der Waals surface area contributed by atoms with E-state index in [-0.39, 0.29) is 11.0 Å². The van der Waals surface area contributed by atoms with Crippen LogP contribution >= 0.6 is 11.3 Å². The molecule has 12 heteroatoms. The van der Waals surface area contributed by atoms with Crippen LogP contribution in [0.3, 0.4) is 0 Å². The first kappa shape index (κ1) is 28.6. The largest absolute Gasteiger partial charge is 0.447 e. The predicted molar refractivity (Wildman–Crippen MR) is 147 cm³/mol. The van der Waals surface area contributed by atoms with Gasteiger partial charge in [0.15, 0.2) is 0 Å². The number of hydrogen-bond acceptors (Lipinski definition) is 8. The van der Waals surface area contributed by atoms with E-state index in [1.54, 1.807) is 44.4 Å². The first-order chi connectivity index (χ1) is 17.6. The Kier molecular flexibility index (Phi) is 10.1. The molecule has 1 aliphatic rings. The second-order valence-electron chi connectivity index (χ2n) is 9.14. The number of carbonyl (C=O) groups excluding carboxylic acids is 1. The topological polar surface area (TPSA) is 152 Å². The van der Waals surface area contributed by atoms with Crippen LogP contribution in [0.2, 0.25) is 0 Å². The van der Waals surface area contributed by atoms with Gasteiger partial charge in [0.2, 0.25) is 16.0 Å². The summed E-state index contributed by atoms with van der Waals surface area (Å²) in [6.45, 7) is 7.50. The average Bonchev–Trinajstić information content (AvgIpc) is 3.48. The Bertz CT molecular complexity index is 1280. The lowest BCUT2D eigenvalue weighted by Gasteiger charge is -2.18. The van der Waals surface area contributed by atoms with Gasteiger partial charge in [-0.05, 0) is 45.7 Å². The van der Waals surface area contributed by atoms with Crippen molar-refractivity contribution < 1.29 is 17.9 Å². The van der Waals surface area contributed by atoms with E-state index in [0.717, 1.165) is 15.6 Å². The molecule has 4 rings (SSSR count). The maximum absolute atomic E-state index is 13.0. The van der Waals surface area contributed by atoms with Crippen molar-refractivity contribution >= 4 is 39.1 Å². The van der Waals surface area contributed by atoms with Crippen molar-refractivity contribution in [1.29, 1.82) is 0 Å². The van der Waals surface area contributed by atoms with Crippen LogP contribution in [-0.2, 0) is 14.8 Å². The van der Waals surface area contributed by atoms with Gasteiger partial charge in [-0.25, -0.2) is 27.9 Å². The molecule has 1 saturated carbocycles. The molecule has 3 aromatic rings. The SMILES string of the molecule is CC(C)OC(N)=O.CCNS(=O)(=O)c1cc(Nc2ncc(C)[nH]2)ccc1-c1cnc(C2CCCCC2)s1. The predicted octanol–water partition coefficient (Wildman–Crippen LogP) is 5.42. The highest BCUT2D eigenvalue weighted by molar-refractivity contribution is 7.89. The van der Waals surface area contributed by atoms with Gasteiger partial charge in [-0.1, -0.05) is 32.3 Å². The second-order valence-corrected chi connectivity index (χ2v) is 11.9. The van der Waals surface area contributed by atoms with Crippen molar-refractivity contribution in [2.24, 2.45) is 5.73 Å². The highest BCUT2D eigenvalue weighted by Gasteiger charge is 2.23. The number of benzene rings is 1. The molecule has 202 valence electrons. The molecule has 0 radical (unpaired) electrons. The van der Waals surface area contributed by atoms with Gasteiger partial charge in [0.1, 0.15) is 0 Å². The van der Waals surface area contributed by atoms with E-state index >= 15 is 0 Å². The molecule has 2 heterocycles. The van der Waals surface area contributed by atoms with E-state index in [4.69, 9.17) is 0 Å². The summed E-state index contributed by atoms with van der Waals surface area (Å²) in [7, 11) is -3.66. The van der Waals surface area contributed by atoms with Gasteiger partial charge in [0.05, 0.1) is 20.9 Å². The molecular formula is C25H36N6O4S2. The highest BCUT2D eigenvalue weighted by Crippen LogP contribution is 2.39. The minimum absolute atomic E-state index is 0.0995. The Morgan fingerprint density at radius 1 is 1.22 bits per heavy atom. The lowest BCUT2D eigenvalue weighted by Crippen LogP contribution is -2.23. The summed E-state index contributed by atoms with van der Waals surface area (Å²) in [4.78, 5) is 22.9. The fraction of sp³-hybridized carbons (Fsp3) is 0.480. The Labute approximate surface area is 222 Å². The Hall–Kier alpha value is -2.96. The van der Waals surface area contributed by atoms with Crippen molar-refractivity contribution in [3.63, 3.8) is 0 Å². The van der Waals surface area contributed by atoms with Gasteiger partial charge in [-0.3, -0.25) is 0 Å². The van der Waals surface area contributed by atoms with E-state index in [1.807, 2.05) is 25.3 Å². The lowest BCUT2D eigenvalue weighted by atomic mass is 9.90. The minimum Gasteiger partial charge on any atom is -0.447 e. The minimum atomic E-state index is -3.66. The van der Waals surface area contributed by atoms with Crippen LogP contribution in [0.15, 0.2) is 35.5 Å². The summed E-state index contributed by atoms with van der Waals surface area (Å²) >= 11 is 1.61. The zero-order valence-electron chi connectivity index (χ0n) is 21.7. The summed E-state index contributed by atoms with van der Waals surface area (Å²) in [5.74, 6) is 1.07. The number of H-pyrrole nitrogens is 1. The summed E-state index contributed by atoms with van der Waals surface area (Å²) in [6, 6.07) is 5.38. The van der Waals surface area contributed by atoms with Crippen LogP contribution in [0, 0.1) is 6.92 Å². The molecule has 2 aromatic heterocycles. The van der Waals surface area contributed by atoms with E-state index in [0.29, 0.717) is 29.7 Å². The first-order valence-electron chi connectivity index (χ1n) is 12.4. The number of imidazole rings is 1. The monoisotopic (exact) mass is 548 g/mol. The number of anilines is 2. The second kappa shape index (κ2) is 13.0. The maximum atomic E-state index is 13.0. The number of aromatic amines is 1. The molecule has 10 nitrogen and oxygen atoms in total. The number of aromatic nitrogens is 3. The zero-order valence-corrected chi connectivity index (χ0v) is 23.3. The first-order valence-corrected chi connectivity index (χ1v) is 14.7. The average molecular weight is 549 g/mol. The van der Waals surface area contributed by atoms with Crippen molar-refractivity contribution in [3.05, 3.63) is 41.3 Å². The van der Waals surface area contributed by atoms with E-state index in [9.17, 15) is 13.2 Å². The number of aryl methyl sites for hydroxylation is 1. The third-order valence-electron chi connectivity index (χ3n) is 5.67. The van der Waals surface area contributed by atoms with E-state index < -0.39 is 16.1 Å². The van der Waals surface area contributed by atoms with Crippen LogP contribution in [0.25, 0.3) is 10.4 Å². The number of amides is 1. The number of primary amides is 1. The van der Waals surface area contributed by atoms with Crippen LogP contribution in [0.4, 0.5) is 16.4 Å². The smallest absolute Gasteiger partial charge is 0.404 e. The van der Waals surface area contributed by atoms with Gasteiger partial charge in [-0.15, -0.1) is 11.3 Å². The molecule has 0 saturated heterocycles. The number of carbonyl (C=O) groups is 1. The van der Waals surface area contributed by atoms with Crippen molar-refractivity contribution in [2.75, 3.05) is 11.9 Å². The summed E-state index contributed by atoms with van der Waals surface area (Å²) in [6.07, 6.45) is 8.84. The summed E-state index contributed by atoms with van der Waals surface area (Å²) in [5.41, 5.74) is 6.89. The number of nitrogens with two attached hydrogens (primary N) is 1. The number of hydrogen-bond donors (Lipinski definition) is 4. The zero-order chi connectivity index (χ0) is 27.0. The molecular weight excluding hydrogens is 512 g/mol. The van der Waals surface area contributed by atoms with Crippen LogP contribution in [0.5, 0.6) is 0 Å². The molecule has 1 aromatic carbocycles. The number of nitrogens with zero attached hydrogens (tertiary/aromatic N) is 2. The lowest BCUT2D eigenvalue weighted by molar-refractivity contribution is 0.125. The fourth-order valence-electron chi connectivity index (χ4n) is 4.09. The number of thiazole rings is 1. The molecule has 5 N–H and O–H groups in total. The molecule has 1 fully saturated rings. The molecule has 0 bridgehead atoms. The normalized spacial score (nSPS) is 14.2.